The van der Waals surface area contributed by atoms with Crippen LogP contribution in [0.1, 0.15) is 31.6 Å². The fourth-order valence-electron chi connectivity index (χ4n) is 2.92. The van der Waals surface area contributed by atoms with Crippen LogP contribution in [0.2, 0.25) is 0 Å². The third-order valence-corrected chi connectivity index (χ3v) is 4.38. The minimum Gasteiger partial charge on any atom is -0.504 e. The number of unbranched alkanes of at least 4 members (excludes halogenated alkanes) is 1. The first-order chi connectivity index (χ1) is 12.0. The van der Waals surface area contributed by atoms with Gasteiger partial charge in [-0.25, -0.2) is 0 Å². The SMILES string of the molecule is CCCCO[C@H]1O[C@@H]2COC(c3ccc(O)c(O)c3)O[C@H]2[C@H](O)[C@H]1O. The van der Waals surface area contributed by atoms with Gasteiger partial charge in [0, 0.05) is 12.2 Å². The van der Waals surface area contributed by atoms with E-state index >= 15 is 0 Å². The van der Waals surface area contributed by atoms with Gasteiger partial charge in [0.2, 0.25) is 0 Å². The molecule has 0 amide bonds. The number of rotatable bonds is 5. The molecule has 0 aliphatic carbocycles. The average molecular weight is 356 g/mol. The first-order valence-corrected chi connectivity index (χ1v) is 8.43. The zero-order chi connectivity index (χ0) is 18.0. The molecule has 0 saturated carbocycles. The van der Waals surface area contributed by atoms with E-state index in [1.165, 1.54) is 12.1 Å². The third kappa shape index (κ3) is 3.89. The monoisotopic (exact) mass is 356 g/mol. The summed E-state index contributed by atoms with van der Waals surface area (Å²) in [6, 6.07) is 4.19. The fourth-order valence-corrected chi connectivity index (χ4v) is 2.92. The molecule has 0 bridgehead atoms. The van der Waals surface area contributed by atoms with Crippen LogP contribution >= 0.6 is 0 Å². The topological polar surface area (TPSA) is 118 Å². The summed E-state index contributed by atoms with van der Waals surface area (Å²) in [5.41, 5.74) is 0.483. The number of hydrogen-bond acceptors (Lipinski definition) is 8. The Bertz CT molecular complexity index is 578. The van der Waals surface area contributed by atoms with Crippen LogP contribution in [0.25, 0.3) is 0 Å². The molecule has 0 spiro atoms. The molecule has 3 rings (SSSR count). The minimum atomic E-state index is -1.23. The number of aliphatic hydroxyl groups is 2. The van der Waals surface area contributed by atoms with Crippen molar-refractivity contribution in [1.29, 1.82) is 0 Å². The molecule has 2 saturated heterocycles. The molecule has 1 aromatic carbocycles. The molecule has 25 heavy (non-hydrogen) atoms. The molecule has 2 aliphatic rings. The molecule has 2 heterocycles. The number of aromatic hydroxyl groups is 2. The number of fused-ring (bicyclic) bond motifs is 1. The van der Waals surface area contributed by atoms with Crippen molar-refractivity contribution in [3.05, 3.63) is 23.8 Å². The Morgan fingerprint density at radius 3 is 2.64 bits per heavy atom. The molecule has 2 aliphatic heterocycles. The van der Waals surface area contributed by atoms with E-state index in [0.717, 1.165) is 12.8 Å². The molecule has 0 aromatic heterocycles. The van der Waals surface area contributed by atoms with Crippen molar-refractivity contribution in [3.8, 4) is 11.5 Å². The highest BCUT2D eigenvalue weighted by molar-refractivity contribution is 5.41. The van der Waals surface area contributed by atoms with Crippen molar-refractivity contribution in [2.45, 2.75) is 56.8 Å². The summed E-state index contributed by atoms with van der Waals surface area (Å²) in [5.74, 6) is -0.544. The zero-order valence-corrected chi connectivity index (χ0v) is 13.9. The van der Waals surface area contributed by atoms with E-state index in [9.17, 15) is 20.4 Å². The number of phenols is 2. The van der Waals surface area contributed by atoms with Gasteiger partial charge in [0.25, 0.3) is 0 Å². The number of aliphatic hydroxyl groups excluding tert-OH is 2. The molecule has 8 nitrogen and oxygen atoms in total. The lowest BCUT2D eigenvalue weighted by molar-refractivity contribution is -0.361. The highest BCUT2D eigenvalue weighted by Crippen LogP contribution is 2.36. The van der Waals surface area contributed by atoms with Crippen molar-refractivity contribution in [3.63, 3.8) is 0 Å². The molecule has 4 N–H and O–H groups in total. The minimum absolute atomic E-state index is 0.133. The number of benzene rings is 1. The van der Waals surface area contributed by atoms with Crippen molar-refractivity contribution < 1.29 is 39.4 Å². The van der Waals surface area contributed by atoms with E-state index in [-0.39, 0.29) is 18.1 Å². The Hall–Kier alpha value is -1.42. The van der Waals surface area contributed by atoms with Crippen LogP contribution in [0.5, 0.6) is 11.5 Å². The Labute approximate surface area is 145 Å². The second kappa shape index (κ2) is 7.86. The largest absolute Gasteiger partial charge is 0.504 e. The van der Waals surface area contributed by atoms with Gasteiger partial charge in [0.05, 0.1) is 6.61 Å². The molecule has 0 radical (unpaired) electrons. The molecular weight excluding hydrogens is 332 g/mol. The van der Waals surface area contributed by atoms with Gasteiger partial charge in [-0.15, -0.1) is 0 Å². The second-order valence-corrected chi connectivity index (χ2v) is 6.26. The third-order valence-electron chi connectivity index (χ3n) is 4.38. The van der Waals surface area contributed by atoms with Crippen LogP contribution in [-0.4, -0.2) is 64.3 Å². The van der Waals surface area contributed by atoms with E-state index in [2.05, 4.69) is 0 Å². The second-order valence-electron chi connectivity index (χ2n) is 6.26. The quantitative estimate of drug-likeness (QED) is 0.451. The summed E-state index contributed by atoms with van der Waals surface area (Å²) in [6.07, 6.45) is -3.80. The maximum atomic E-state index is 10.4. The fraction of sp³-hybridized carbons (Fsp3) is 0.647. The first-order valence-electron chi connectivity index (χ1n) is 8.43. The predicted molar refractivity (Wildman–Crippen MR) is 84.9 cm³/mol. The summed E-state index contributed by atoms with van der Waals surface area (Å²) < 4.78 is 22.5. The zero-order valence-electron chi connectivity index (χ0n) is 13.9. The maximum absolute atomic E-state index is 10.4. The Morgan fingerprint density at radius 2 is 1.92 bits per heavy atom. The van der Waals surface area contributed by atoms with Gasteiger partial charge in [-0.3, -0.25) is 0 Å². The molecular formula is C17H24O8. The summed E-state index contributed by atoms with van der Waals surface area (Å²) in [4.78, 5) is 0. The van der Waals surface area contributed by atoms with Crippen LogP contribution in [0.15, 0.2) is 18.2 Å². The van der Waals surface area contributed by atoms with Gasteiger partial charge in [0.15, 0.2) is 24.1 Å². The summed E-state index contributed by atoms with van der Waals surface area (Å²) >= 11 is 0. The summed E-state index contributed by atoms with van der Waals surface area (Å²) in [6.45, 7) is 2.59. The summed E-state index contributed by atoms with van der Waals surface area (Å²) in [5, 5.41) is 39.6. The van der Waals surface area contributed by atoms with E-state index < -0.39 is 37.0 Å². The van der Waals surface area contributed by atoms with Crippen LogP contribution < -0.4 is 0 Å². The van der Waals surface area contributed by atoms with Gasteiger partial charge in [-0.1, -0.05) is 19.4 Å². The van der Waals surface area contributed by atoms with E-state index in [1.807, 2.05) is 6.92 Å². The lowest BCUT2D eigenvalue weighted by Gasteiger charge is -2.46. The normalized spacial score (nSPS) is 35.3. The average Bonchev–Trinajstić information content (AvgIpc) is 2.61. The number of hydrogen-bond donors (Lipinski definition) is 4. The Balaban J connectivity index is 1.66. The standard InChI is InChI=1S/C17H24O8/c1-2-3-6-22-17-14(21)13(20)15-12(24-17)8-23-16(25-15)9-4-5-10(18)11(19)7-9/h4-5,7,12-21H,2-3,6,8H2,1H3/t12-,13-,14-,15-,16?,17+/m1/s1. The van der Waals surface area contributed by atoms with Gasteiger partial charge in [-0.05, 0) is 18.6 Å². The predicted octanol–water partition coefficient (Wildman–Crippen LogP) is 0.775. The highest BCUT2D eigenvalue weighted by atomic mass is 16.8. The highest BCUT2D eigenvalue weighted by Gasteiger charge is 2.49. The van der Waals surface area contributed by atoms with E-state index in [4.69, 9.17) is 18.9 Å². The van der Waals surface area contributed by atoms with Gasteiger partial charge in [-0.2, -0.15) is 0 Å². The van der Waals surface area contributed by atoms with Gasteiger partial charge < -0.3 is 39.4 Å². The van der Waals surface area contributed by atoms with Gasteiger partial charge >= 0.3 is 0 Å². The molecule has 1 unspecified atom stereocenters. The molecule has 1 aromatic rings. The lowest BCUT2D eigenvalue weighted by Crippen LogP contribution is -2.62. The van der Waals surface area contributed by atoms with Crippen LogP contribution in [0.3, 0.4) is 0 Å². The van der Waals surface area contributed by atoms with Gasteiger partial charge in [0.1, 0.15) is 24.4 Å². The van der Waals surface area contributed by atoms with Crippen molar-refractivity contribution >= 4 is 0 Å². The first kappa shape index (κ1) is 18.4. The van der Waals surface area contributed by atoms with Crippen LogP contribution in [0.4, 0.5) is 0 Å². The van der Waals surface area contributed by atoms with Crippen molar-refractivity contribution in [1.82, 2.24) is 0 Å². The number of phenolic OH excluding ortho intramolecular Hbond substituents is 2. The smallest absolute Gasteiger partial charge is 0.186 e. The van der Waals surface area contributed by atoms with E-state index in [0.29, 0.717) is 12.2 Å². The Kier molecular flexibility index (Phi) is 5.78. The summed E-state index contributed by atoms with van der Waals surface area (Å²) in [7, 11) is 0. The van der Waals surface area contributed by atoms with Crippen molar-refractivity contribution in [2.75, 3.05) is 13.2 Å². The van der Waals surface area contributed by atoms with E-state index in [1.54, 1.807) is 6.07 Å². The maximum Gasteiger partial charge on any atom is 0.186 e. The molecule has 8 heteroatoms. The Morgan fingerprint density at radius 1 is 1.12 bits per heavy atom. The van der Waals surface area contributed by atoms with Crippen LogP contribution in [-0.2, 0) is 18.9 Å². The molecule has 6 atom stereocenters. The molecule has 2 fully saturated rings. The number of ether oxygens (including phenoxy) is 4. The van der Waals surface area contributed by atoms with Crippen molar-refractivity contribution in [2.24, 2.45) is 0 Å². The van der Waals surface area contributed by atoms with Crippen LogP contribution in [0, 0.1) is 0 Å². The lowest BCUT2D eigenvalue weighted by atomic mass is 9.98. The molecule has 140 valence electrons.